The van der Waals surface area contributed by atoms with Gasteiger partial charge in [-0.3, -0.25) is 14.2 Å². The Balaban J connectivity index is 1.66. The first kappa shape index (κ1) is 36.7. The summed E-state index contributed by atoms with van der Waals surface area (Å²) in [6.07, 6.45) is 0. The molecule has 9 N–H and O–H groups in total. The summed E-state index contributed by atoms with van der Waals surface area (Å²) in [5.74, 6) is -6.78. The van der Waals surface area contributed by atoms with Crippen LogP contribution in [-0.2, 0) is 30.1 Å². The Kier molecular flexibility index (Phi) is 9.37. The highest BCUT2D eigenvalue weighted by Gasteiger charge is 2.26. The minimum Gasteiger partial charge on any atom is -0.507 e. The average molecular weight is 774 g/mol. The number of nitrogens with one attached hydrogen (secondary N) is 3. The average Bonchev–Trinajstić information content (AvgIpc) is 3.05. The summed E-state index contributed by atoms with van der Waals surface area (Å²) in [7, 11) is -14.3. The molecule has 52 heavy (non-hydrogen) atoms. The van der Waals surface area contributed by atoms with Crippen molar-refractivity contribution in [3.8, 4) is 17.2 Å². The SMILES string of the molecule is O=C(O)c1cc(NS(=O)(=O)c2ccc3c(S(=O)(=O)Nc4ccc(O)c(C(=O)O)c4)cc(S(=O)(=O)Nc4ccc(O)c(C(=O)O)c4)cc3c2)ccc1O. The molecule has 0 heterocycles. The topological polar surface area (TPSA) is 311 Å². The molecule has 0 aliphatic carbocycles. The molecule has 0 atom stereocenters. The molecular weight excluding hydrogens is 751 g/mol. The van der Waals surface area contributed by atoms with Gasteiger partial charge in [-0.15, -0.1) is 0 Å². The minimum absolute atomic E-state index is 0.238. The number of carbonyl (C=O) groups is 3. The van der Waals surface area contributed by atoms with Crippen LogP contribution in [0.1, 0.15) is 31.1 Å². The molecule has 0 aliphatic heterocycles. The van der Waals surface area contributed by atoms with Gasteiger partial charge in [0, 0.05) is 22.4 Å². The molecule has 0 saturated carbocycles. The van der Waals surface area contributed by atoms with Gasteiger partial charge in [-0.1, -0.05) is 6.07 Å². The molecule has 0 spiro atoms. The number of hydrogen-bond donors (Lipinski definition) is 9. The first-order valence-electron chi connectivity index (χ1n) is 14.0. The highest BCUT2D eigenvalue weighted by molar-refractivity contribution is 7.94. The molecule has 0 amide bonds. The van der Waals surface area contributed by atoms with Gasteiger partial charge in [0.25, 0.3) is 30.1 Å². The zero-order valence-corrected chi connectivity index (χ0v) is 28.1. The number of hydrogen-bond acceptors (Lipinski definition) is 12. The second-order valence-electron chi connectivity index (χ2n) is 10.7. The monoisotopic (exact) mass is 773 g/mol. The summed E-state index contributed by atoms with van der Waals surface area (Å²) >= 11 is 0. The first-order chi connectivity index (χ1) is 24.2. The first-order valence-corrected chi connectivity index (χ1v) is 18.5. The second-order valence-corrected chi connectivity index (χ2v) is 15.7. The summed E-state index contributed by atoms with van der Waals surface area (Å²) < 4.78 is 87.8. The van der Waals surface area contributed by atoms with E-state index in [0.717, 1.165) is 78.9 Å². The van der Waals surface area contributed by atoms with Gasteiger partial charge in [0.05, 0.1) is 14.7 Å². The lowest BCUT2D eigenvalue weighted by Gasteiger charge is -2.16. The maximum absolute atomic E-state index is 13.8. The number of rotatable bonds is 12. The van der Waals surface area contributed by atoms with E-state index in [1.54, 1.807) is 0 Å². The molecular formula is C31H23N3O15S3. The lowest BCUT2D eigenvalue weighted by molar-refractivity contribution is 0.0682. The number of carboxylic acids is 3. The maximum atomic E-state index is 13.8. The van der Waals surface area contributed by atoms with E-state index in [4.69, 9.17) is 0 Å². The van der Waals surface area contributed by atoms with Crippen LogP contribution in [0, 0.1) is 0 Å². The quantitative estimate of drug-likeness (QED) is 0.0820. The zero-order valence-electron chi connectivity index (χ0n) is 25.7. The molecule has 0 bridgehead atoms. The van der Waals surface area contributed by atoms with E-state index in [1.165, 1.54) is 0 Å². The van der Waals surface area contributed by atoms with Gasteiger partial charge >= 0.3 is 17.9 Å². The van der Waals surface area contributed by atoms with Gasteiger partial charge in [-0.25, -0.2) is 39.6 Å². The molecule has 0 fully saturated rings. The fourth-order valence-electron chi connectivity index (χ4n) is 4.78. The molecule has 0 radical (unpaired) electrons. The van der Waals surface area contributed by atoms with Crippen molar-refractivity contribution in [1.29, 1.82) is 0 Å². The lowest BCUT2D eigenvalue weighted by atomic mass is 10.1. The van der Waals surface area contributed by atoms with Crippen molar-refractivity contribution in [2.24, 2.45) is 0 Å². The molecule has 5 aromatic rings. The van der Waals surface area contributed by atoms with E-state index in [9.17, 15) is 70.3 Å². The van der Waals surface area contributed by atoms with E-state index in [-0.39, 0.29) is 27.8 Å². The molecule has 270 valence electrons. The van der Waals surface area contributed by atoms with Gasteiger partial charge in [-0.2, -0.15) is 0 Å². The summed E-state index contributed by atoms with van der Waals surface area (Å²) in [6.45, 7) is 0. The van der Waals surface area contributed by atoms with Crippen LogP contribution in [0.4, 0.5) is 17.1 Å². The van der Waals surface area contributed by atoms with E-state index < -0.39 is 96.6 Å². The minimum atomic E-state index is -4.86. The third kappa shape index (κ3) is 7.45. The Bertz CT molecular complexity index is 2670. The fraction of sp³-hybridized carbons (Fsp3) is 0. The normalized spacial score (nSPS) is 11.8. The Morgan fingerprint density at radius 2 is 0.808 bits per heavy atom. The Morgan fingerprint density at radius 3 is 1.21 bits per heavy atom. The van der Waals surface area contributed by atoms with Crippen molar-refractivity contribution < 1.29 is 70.3 Å². The third-order valence-corrected chi connectivity index (χ3v) is 11.4. The molecule has 5 aromatic carbocycles. The van der Waals surface area contributed by atoms with Crippen LogP contribution >= 0.6 is 0 Å². The number of fused-ring (bicyclic) bond motifs is 1. The van der Waals surface area contributed by atoms with E-state index in [2.05, 4.69) is 14.2 Å². The number of anilines is 3. The van der Waals surface area contributed by atoms with Gasteiger partial charge in [-0.05, 0) is 84.2 Å². The lowest BCUT2D eigenvalue weighted by Crippen LogP contribution is -2.18. The van der Waals surface area contributed by atoms with Gasteiger partial charge in [0.1, 0.15) is 33.9 Å². The molecule has 5 rings (SSSR count). The highest BCUT2D eigenvalue weighted by atomic mass is 32.2. The maximum Gasteiger partial charge on any atom is 0.339 e. The van der Waals surface area contributed by atoms with Crippen molar-refractivity contribution in [2.75, 3.05) is 14.2 Å². The molecule has 0 unspecified atom stereocenters. The van der Waals surface area contributed by atoms with Crippen LogP contribution < -0.4 is 14.2 Å². The summed E-state index contributed by atoms with van der Waals surface area (Å²) in [5, 5.41) is 56.8. The largest absolute Gasteiger partial charge is 0.507 e. The van der Waals surface area contributed by atoms with Crippen molar-refractivity contribution in [1.82, 2.24) is 0 Å². The number of benzene rings is 5. The fourth-order valence-corrected chi connectivity index (χ4v) is 8.36. The molecule has 21 heteroatoms. The number of aromatic hydroxyl groups is 3. The van der Waals surface area contributed by atoms with Crippen molar-refractivity contribution >= 4 is 75.8 Å². The van der Waals surface area contributed by atoms with Gasteiger partial charge < -0.3 is 30.6 Å². The molecule has 0 aliphatic rings. The summed E-state index contributed by atoms with van der Waals surface area (Å²) in [5.41, 5.74) is -2.99. The van der Waals surface area contributed by atoms with Crippen molar-refractivity contribution in [2.45, 2.75) is 14.7 Å². The molecule has 0 aromatic heterocycles. The van der Waals surface area contributed by atoms with Crippen LogP contribution in [0.2, 0.25) is 0 Å². The second kappa shape index (κ2) is 13.3. The Morgan fingerprint density at radius 1 is 0.442 bits per heavy atom. The van der Waals surface area contributed by atoms with Crippen molar-refractivity contribution in [3.05, 3.63) is 102 Å². The van der Waals surface area contributed by atoms with Crippen LogP contribution in [0.5, 0.6) is 17.2 Å². The van der Waals surface area contributed by atoms with E-state index >= 15 is 0 Å². The standard InChI is InChI=1S/C31H23N3O15S3/c35-25-6-1-16(11-22(25)29(38)39)32-50(44,45)19-4-5-21-15(9-19)10-20(51(46,47)33-17-2-7-26(36)23(12-17)30(40)41)14-28(21)52(48,49)34-18-3-8-27(37)24(13-18)31(42)43/h1-14,32-37H,(H,38,39)(H,40,41)(H,42,43). The number of sulfonamides is 3. The van der Waals surface area contributed by atoms with Crippen LogP contribution in [0.25, 0.3) is 10.8 Å². The van der Waals surface area contributed by atoms with Crippen LogP contribution in [0.15, 0.2) is 99.6 Å². The Labute approximate surface area is 293 Å². The third-order valence-electron chi connectivity index (χ3n) is 7.21. The van der Waals surface area contributed by atoms with Gasteiger partial charge in [0.2, 0.25) is 0 Å². The predicted octanol–water partition coefficient (Wildman–Crippen LogP) is 3.45. The predicted molar refractivity (Wildman–Crippen MR) is 182 cm³/mol. The Hall–Kier alpha value is -6.58. The smallest absolute Gasteiger partial charge is 0.339 e. The van der Waals surface area contributed by atoms with Gasteiger partial charge in [0.15, 0.2) is 0 Å². The molecule has 18 nitrogen and oxygen atoms in total. The number of aromatic carboxylic acids is 3. The van der Waals surface area contributed by atoms with Crippen molar-refractivity contribution in [3.63, 3.8) is 0 Å². The van der Waals surface area contributed by atoms with Crippen LogP contribution in [-0.4, -0.2) is 73.8 Å². The van der Waals surface area contributed by atoms with Crippen LogP contribution in [0.3, 0.4) is 0 Å². The summed E-state index contributed by atoms with van der Waals surface area (Å²) in [6, 6.07) is 12.7. The number of phenols is 3. The van der Waals surface area contributed by atoms with E-state index in [1.807, 2.05) is 0 Å². The highest BCUT2D eigenvalue weighted by Crippen LogP contribution is 2.33. The zero-order chi connectivity index (χ0) is 38.3. The summed E-state index contributed by atoms with van der Waals surface area (Å²) in [4.78, 5) is 32.3. The van der Waals surface area contributed by atoms with E-state index in [0.29, 0.717) is 6.07 Å². The molecule has 0 saturated heterocycles. The number of carboxylic acid groups (broad SMARTS) is 3.